The molecule has 0 aliphatic rings. The van der Waals surface area contributed by atoms with E-state index in [9.17, 15) is 0 Å². The van der Waals surface area contributed by atoms with Gasteiger partial charge in [0.1, 0.15) is 17.0 Å². The highest BCUT2D eigenvalue weighted by atomic mass is 16.3. The highest BCUT2D eigenvalue weighted by molar-refractivity contribution is 6.27. The lowest BCUT2D eigenvalue weighted by atomic mass is 9.94. The third-order valence-electron chi connectivity index (χ3n) is 10.7. The molecule has 0 saturated carbocycles. The Labute approximate surface area is 312 Å². The number of nitrogens with zero attached hydrogens (tertiary/aromatic N) is 2. The molecule has 0 spiro atoms. The van der Waals surface area contributed by atoms with E-state index in [-0.39, 0.29) is 6.04 Å². The van der Waals surface area contributed by atoms with Gasteiger partial charge in [0.25, 0.3) is 0 Å². The smallest absolute Gasteiger partial charge is 0.161 e. The van der Waals surface area contributed by atoms with Crippen LogP contribution in [0.15, 0.2) is 190 Å². The van der Waals surface area contributed by atoms with E-state index < -0.39 is 0 Å². The van der Waals surface area contributed by atoms with Gasteiger partial charge in [0.15, 0.2) is 5.84 Å². The van der Waals surface area contributed by atoms with Crippen molar-refractivity contribution in [3.8, 4) is 11.1 Å². The minimum atomic E-state index is -0.190. The molecule has 1 heterocycles. The second kappa shape index (κ2) is 12.9. The Kier molecular flexibility index (Phi) is 7.55. The molecular formula is C50H35N3O. The van der Waals surface area contributed by atoms with Crippen molar-refractivity contribution in [1.82, 2.24) is 0 Å². The SMILES string of the molecule is CC(N=C(N=C(N)c1ccc2c(ccc3c4ccccc4ccc23)c1)c1ccc(-c2ccccc2)c2c1oc1ccc3ccccc3c12)c1ccccc1. The summed E-state index contributed by atoms with van der Waals surface area (Å²) in [6.45, 7) is 2.09. The number of rotatable bonds is 5. The Hall–Kier alpha value is -7.04. The first kappa shape index (κ1) is 31.7. The predicted molar refractivity (Wildman–Crippen MR) is 228 cm³/mol. The molecule has 0 aliphatic heterocycles. The quantitative estimate of drug-likeness (QED) is 0.111. The summed E-state index contributed by atoms with van der Waals surface area (Å²) in [6.07, 6.45) is 0. The summed E-state index contributed by atoms with van der Waals surface area (Å²) in [5.41, 5.74) is 13.4. The maximum absolute atomic E-state index is 6.98. The Bertz CT molecular complexity index is 3120. The zero-order chi connectivity index (χ0) is 36.2. The summed E-state index contributed by atoms with van der Waals surface area (Å²) in [7, 11) is 0. The van der Waals surface area contributed by atoms with Crippen molar-refractivity contribution in [3.05, 3.63) is 193 Å². The number of hydrogen-bond donors (Lipinski definition) is 1. The van der Waals surface area contributed by atoms with Gasteiger partial charge in [-0.05, 0) is 84.9 Å². The average molecular weight is 694 g/mol. The van der Waals surface area contributed by atoms with Gasteiger partial charge in [-0.15, -0.1) is 0 Å². The third kappa shape index (κ3) is 5.31. The van der Waals surface area contributed by atoms with E-state index in [2.05, 4.69) is 159 Å². The number of aliphatic imine (C=N–C) groups is 2. The van der Waals surface area contributed by atoms with Crippen molar-refractivity contribution in [2.75, 3.05) is 0 Å². The molecule has 0 amide bonds. The topological polar surface area (TPSA) is 63.9 Å². The van der Waals surface area contributed by atoms with E-state index in [0.29, 0.717) is 11.7 Å². The van der Waals surface area contributed by atoms with E-state index in [0.717, 1.165) is 65.9 Å². The fraction of sp³-hybridized carbons (Fsp3) is 0.0400. The normalized spacial score (nSPS) is 13.1. The lowest BCUT2D eigenvalue weighted by molar-refractivity contribution is 0.668. The van der Waals surface area contributed by atoms with Crippen molar-refractivity contribution in [3.63, 3.8) is 0 Å². The summed E-state index contributed by atoms with van der Waals surface area (Å²) in [5, 5.41) is 11.6. The maximum atomic E-state index is 6.98. The first-order valence-electron chi connectivity index (χ1n) is 18.3. The minimum Gasteiger partial charge on any atom is -0.455 e. The zero-order valence-corrected chi connectivity index (χ0v) is 29.7. The van der Waals surface area contributed by atoms with Gasteiger partial charge in [-0.25, -0.2) is 4.99 Å². The second-order valence-corrected chi connectivity index (χ2v) is 13.9. The van der Waals surface area contributed by atoms with Gasteiger partial charge in [0.05, 0.1) is 11.6 Å². The Balaban J connectivity index is 1.18. The Morgan fingerprint density at radius 3 is 1.93 bits per heavy atom. The number of amidine groups is 2. The first-order valence-corrected chi connectivity index (χ1v) is 18.3. The molecule has 0 fully saturated rings. The van der Waals surface area contributed by atoms with Crippen LogP contribution in [-0.2, 0) is 0 Å². The summed E-state index contributed by atoms with van der Waals surface area (Å²) in [6, 6.07) is 61.2. The lowest BCUT2D eigenvalue weighted by Gasteiger charge is -2.13. The van der Waals surface area contributed by atoms with Crippen LogP contribution < -0.4 is 5.73 Å². The van der Waals surface area contributed by atoms with Crippen LogP contribution >= 0.6 is 0 Å². The molecular weight excluding hydrogens is 659 g/mol. The summed E-state index contributed by atoms with van der Waals surface area (Å²) in [4.78, 5) is 10.5. The first-order chi connectivity index (χ1) is 26.6. The molecule has 1 unspecified atom stereocenters. The Morgan fingerprint density at radius 1 is 0.537 bits per heavy atom. The van der Waals surface area contributed by atoms with E-state index in [1.165, 1.54) is 26.9 Å². The van der Waals surface area contributed by atoms with Crippen LogP contribution in [0.2, 0.25) is 0 Å². The average Bonchev–Trinajstić information content (AvgIpc) is 3.64. The largest absolute Gasteiger partial charge is 0.455 e. The van der Waals surface area contributed by atoms with Crippen LogP contribution in [0, 0.1) is 0 Å². The van der Waals surface area contributed by atoms with Gasteiger partial charge in [0.2, 0.25) is 0 Å². The highest BCUT2D eigenvalue weighted by Crippen LogP contribution is 2.42. The van der Waals surface area contributed by atoms with Crippen molar-refractivity contribution >= 4 is 76.7 Å². The van der Waals surface area contributed by atoms with Gasteiger partial charge in [0, 0.05) is 16.3 Å². The molecule has 10 aromatic rings. The number of hydrogen-bond acceptors (Lipinski definition) is 2. The van der Waals surface area contributed by atoms with Crippen LogP contribution in [-0.4, -0.2) is 11.7 Å². The van der Waals surface area contributed by atoms with Gasteiger partial charge < -0.3 is 10.2 Å². The molecule has 2 N–H and O–H groups in total. The van der Waals surface area contributed by atoms with Gasteiger partial charge in [-0.1, -0.05) is 158 Å². The number of benzene rings is 9. The summed E-state index contributed by atoms with van der Waals surface area (Å²) < 4.78 is 6.85. The van der Waals surface area contributed by atoms with Crippen molar-refractivity contribution in [1.29, 1.82) is 0 Å². The van der Waals surface area contributed by atoms with Crippen LogP contribution in [0.3, 0.4) is 0 Å². The standard InChI is InChI=1S/C50H35N3O/c1-31(32-12-4-2-5-13-32)52-50(53-49(51)37-22-24-39-36(30-37)21-26-42-38-18-10-8-16-34(38)20-25-43(39)42)44-28-27-41(33-14-6-3-7-15-33)47-46-40-19-11-9-17-35(40)23-29-45(46)54-48(44)47/h2-31H,1H3,(H2,51,52,53). The third-order valence-corrected chi connectivity index (χ3v) is 10.7. The summed E-state index contributed by atoms with van der Waals surface area (Å²) in [5.74, 6) is 0.901. The fourth-order valence-corrected chi connectivity index (χ4v) is 7.99. The molecule has 1 atom stereocenters. The van der Waals surface area contributed by atoms with Crippen molar-refractivity contribution in [2.24, 2.45) is 15.7 Å². The summed E-state index contributed by atoms with van der Waals surface area (Å²) >= 11 is 0. The van der Waals surface area contributed by atoms with E-state index in [4.69, 9.17) is 20.1 Å². The van der Waals surface area contributed by atoms with Crippen LogP contribution in [0.25, 0.3) is 76.2 Å². The number of furan rings is 1. The lowest BCUT2D eigenvalue weighted by Crippen LogP contribution is -2.17. The molecule has 9 aromatic carbocycles. The van der Waals surface area contributed by atoms with Gasteiger partial charge >= 0.3 is 0 Å². The fourth-order valence-electron chi connectivity index (χ4n) is 7.99. The van der Waals surface area contributed by atoms with E-state index in [1.54, 1.807) is 0 Å². The monoisotopic (exact) mass is 693 g/mol. The van der Waals surface area contributed by atoms with E-state index in [1.807, 2.05) is 24.3 Å². The Morgan fingerprint density at radius 2 is 1.15 bits per heavy atom. The predicted octanol–water partition coefficient (Wildman–Crippen LogP) is 12.8. The minimum absolute atomic E-state index is 0.190. The van der Waals surface area contributed by atoms with Crippen LogP contribution in [0.4, 0.5) is 0 Å². The molecule has 4 heteroatoms. The molecule has 256 valence electrons. The molecule has 1 aromatic heterocycles. The second-order valence-electron chi connectivity index (χ2n) is 13.9. The molecule has 0 saturated heterocycles. The maximum Gasteiger partial charge on any atom is 0.161 e. The molecule has 0 bridgehead atoms. The highest BCUT2D eigenvalue weighted by Gasteiger charge is 2.22. The van der Waals surface area contributed by atoms with Crippen LogP contribution in [0.1, 0.15) is 29.7 Å². The van der Waals surface area contributed by atoms with E-state index >= 15 is 0 Å². The van der Waals surface area contributed by atoms with Crippen molar-refractivity contribution in [2.45, 2.75) is 13.0 Å². The molecule has 4 nitrogen and oxygen atoms in total. The molecule has 54 heavy (non-hydrogen) atoms. The van der Waals surface area contributed by atoms with Crippen molar-refractivity contribution < 1.29 is 4.42 Å². The van der Waals surface area contributed by atoms with Gasteiger partial charge in [-0.3, -0.25) is 4.99 Å². The van der Waals surface area contributed by atoms with Gasteiger partial charge in [-0.2, -0.15) is 0 Å². The number of nitrogens with two attached hydrogens (primary N) is 1. The number of fused-ring (bicyclic) bond motifs is 10. The molecule has 0 aliphatic carbocycles. The molecule has 10 rings (SSSR count). The van der Waals surface area contributed by atoms with Crippen LogP contribution in [0.5, 0.6) is 0 Å². The molecule has 0 radical (unpaired) electrons. The zero-order valence-electron chi connectivity index (χ0n) is 29.7.